The maximum atomic E-state index is 5.82. The van der Waals surface area contributed by atoms with Gasteiger partial charge in [0.15, 0.2) is 0 Å². The minimum Gasteiger partial charge on any atom is -0.378 e. The second-order valence-corrected chi connectivity index (χ2v) is 6.48. The lowest BCUT2D eigenvalue weighted by atomic mass is 9.92. The Labute approximate surface area is 123 Å². The summed E-state index contributed by atoms with van der Waals surface area (Å²) >= 11 is 0. The van der Waals surface area contributed by atoms with E-state index in [1.807, 2.05) is 0 Å². The second-order valence-electron chi connectivity index (χ2n) is 6.48. The zero-order valence-corrected chi connectivity index (χ0v) is 13.0. The molecule has 2 heteroatoms. The van der Waals surface area contributed by atoms with Crippen LogP contribution in [0.5, 0.6) is 0 Å². The van der Waals surface area contributed by atoms with Crippen molar-refractivity contribution in [3.63, 3.8) is 0 Å². The molecule has 20 heavy (non-hydrogen) atoms. The van der Waals surface area contributed by atoms with Gasteiger partial charge in [0, 0.05) is 6.61 Å². The van der Waals surface area contributed by atoms with Crippen molar-refractivity contribution in [1.82, 2.24) is 5.32 Å². The molecule has 1 aromatic carbocycles. The van der Waals surface area contributed by atoms with E-state index in [0.717, 1.165) is 32.0 Å². The fourth-order valence-corrected chi connectivity index (χ4v) is 2.96. The van der Waals surface area contributed by atoms with Crippen molar-refractivity contribution in [2.75, 3.05) is 19.7 Å². The Morgan fingerprint density at radius 3 is 2.65 bits per heavy atom. The van der Waals surface area contributed by atoms with Crippen molar-refractivity contribution in [3.05, 3.63) is 35.9 Å². The number of ether oxygens (including phenoxy) is 1. The van der Waals surface area contributed by atoms with Crippen LogP contribution >= 0.6 is 0 Å². The molecule has 1 saturated heterocycles. The molecular formula is C18H29NO. The SMILES string of the molecule is CC(C)CNCC(Cc1ccccc1)CC1CCCO1. The Kier molecular flexibility index (Phi) is 6.55. The molecule has 0 aromatic heterocycles. The first-order chi connectivity index (χ1) is 9.74. The van der Waals surface area contributed by atoms with E-state index in [1.165, 1.54) is 24.8 Å². The van der Waals surface area contributed by atoms with Gasteiger partial charge in [0.1, 0.15) is 0 Å². The van der Waals surface area contributed by atoms with E-state index in [0.29, 0.717) is 12.0 Å². The van der Waals surface area contributed by atoms with Crippen molar-refractivity contribution >= 4 is 0 Å². The summed E-state index contributed by atoms with van der Waals surface area (Å²) in [5, 5.41) is 3.62. The first-order valence-corrected chi connectivity index (χ1v) is 8.10. The summed E-state index contributed by atoms with van der Waals surface area (Å²) in [6.07, 6.45) is 5.33. The average molecular weight is 275 g/mol. The van der Waals surface area contributed by atoms with Crippen LogP contribution in [0.4, 0.5) is 0 Å². The van der Waals surface area contributed by atoms with Gasteiger partial charge >= 0.3 is 0 Å². The highest BCUT2D eigenvalue weighted by atomic mass is 16.5. The molecule has 1 aromatic rings. The number of benzene rings is 1. The quantitative estimate of drug-likeness (QED) is 0.782. The summed E-state index contributed by atoms with van der Waals surface area (Å²) in [5.74, 6) is 1.40. The predicted octanol–water partition coefficient (Wildman–Crippen LogP) is 3.66. The van der Waals surface area contributed by atoms with Gasteiger partial charge in [-0.25, -0.2) is 0 Å². The molecule has 112 valence electrons. The van der Waals surface area contributed by atoms with E-state index in [2.05, 4.69) is 49.5 Å². The standard InChI is InChI=1S/C18H29NO/c1-15(2)13-19-14-17(12-18-9-6-10-20-18)11-16-7-4-3-5-8-16/h3-5,7-8,15,17-19H,6,9-14H2,1-2H3. The van der Waals surface area contributed by atoms with Gasteiger partial charge < -0.3 is 10.1 Å². The number of rotatable bonds is 8. The molecule has 1 aliphatic rings. The van der Waals surface area contributed by atoms with Crippen LogP contribution in [0.15, 0.2) is 30.3 Å². The third-order valence-electron chi connectivity index (χ3n) is 3.97. The lowest BCUT2D eigenvalue weighted by molar-refractivity contribution is 0.0891. The molecule has 1 heterocycles. The fourth-order valence-electron chi connectivity index (χ4n) is 2.96. The van der Waals surface area contributed by atoms with Gasteiger partial charge in [-0.15, -0.1) is 0 Å². The van der Waals surface area contributed by atoms with Crippen molar-refractivity contribution in [2.24, 2.45) is 11.8 Å². The van der Waals surface area contributed by atoms with Gasteiger partial charge in [-0.05, 0) is 56.2 Å². The van der Waals surface area contributed by atoms with Crippen molar-refractivity contribution in [3.8, 4) is 0 Å². The molecule has 0 radical (unpaired) electrons. The highest BCUT2D eigenvalue weighted by molar-refractivity contribution is 5.15. The van der Waals surface area contributed by atoms with Crippen LogP contribution in [0, 0.1) is 11.8 Å². The third kappa shape index (κ3) is 5.64. The maximum absolute atomic E-state index is 5.82. The Morgan fingerprint density at radius 1 is 1.20 bits per heavy atom. The number of hydrogen-bond donors (Lipinski definition) is 1. The largest absolute Gasteiger partial charge is 0.378 e. The smallest absolute Gasteiger partial charge is 0.0579 e. The van der Waals surface area contributed by atoms with Crippen LogP contribution in [0.1, 0.15) is 38.7 Å². The lowest BCUT2D eigenvalue weighted by Crippen LogP contribution is -2.29. The molecule has 1 N–H and O–H groups in total. The predicted molar refractivity (Wildman–Crippen MR) is 84.9 cm³/mol. The zero-order valence-electron chi connectivity index (χ0n) is 13.0. The molecule has 2 unspecified atom stereocenters. The van der Waals surface area contributed by atoms with Gasteiger partial charge in [0.05, 0.1) is 6.10 Å². The minimum atomic E-state index is 0.490. The summed E-state index contributed by atoms with van der Waals surface area (Å²) in [5.41, 5.74) is 1.45. The Hall–Kier alpha value is -0.860. The molecule has 0 spiro atoms. The molecule has 2 nitrogen and oxygen atoms in total. The molecule has 1 aliphatic heterocycles. The van der Waals surface area contributed by atoms with Crippen LogP contribution in [-0.2, 0) is 11.2 Å². The topological polar surface area (TPSA) is 21.3 Å². The summed E-state index contributed by atoms with van der Waals surface area (Å²) in [4.78, 5) is 0. The number of nitrogens with one attached hydrogen (secondary N) is 1. The van der Waals surface area contributed by atoms with Crippen molar-refractivity contribution in [1.29, 1.82) is 0 Å². The number of hydrogen-bond acceptors (Lipinski definition) is 2. The van der Waals surface area contributed by atoms with Gasteiger partial charge in [0.25, 0.3) is 0 Å². The summed E-state index contributed by atoms with van der Waals surface area (Å²) < 4.78 is 5.82. The normalized spacial score (nSPS) is 20.4. The van der Waals surface area contributed by atoms with Gasteiger partial charge in [-0.1, -0.05) is 44.2 Å². The van der Waals surface area contributed by atoms with E-state index in [4.69, 9.17) is 4.74 Å². The molecule has 2 rings (SSSR count). The Bertz CT molecular complexity index is 357. The molecule has 2 atom stereocenters. The first-order valence-electron chi connectivity index (χ1n) is 8.10. The van der Waals surface area contributed by atoms with Crippen LogP contribution in [0.25, 0.3) is 0 Å². The van der Waals surface area contributed by atoms with Crippen molar-refractivity contribution < 1.29 is 4.74 Å². The fraction of sp³-hybridized carbons (Fsp3) is 0.667. The highest BCUT2D eigenvalue weighted by Crippen LogP contribution is 2.22. The van der Waals surface area contributed by atoms with E-state index < -0.39 is 0 Å². The van der Waals surface area contributed by atoms with Crippen molar-refractivity contribution in [2.45, 2.75) is 45.6 Å². The summed E-state index contributed by atoms with van der Waals surface area (Å²) in [6.45, 7) is 7.70. The first kappa shape index (κ1) is 15.5. The van der Waals surface area contributed by atoms with Gasteiger partial charge in [0.2, 0.25) is 0 Å². The molecule has 0 saturated carbocycles. The average Bonchev–Trinajstić information content (AvgIpc) is 2.92. The Balaban J connectivity index is 1.84. The summed E-state index contributed by atoms with van der Waals surface area (Å²) in [7, 11) is 0. The molecule has 0 bridgehead atoms. The van der Waals surface area contributed by atoms with Gasteiger partial charge in [-0.2, -0.15) is 0 Å². The highest BCUT2D eigenvalue weighted by Gasteiger charge is 2.21. The van der Waals surface area contributed by atoms with Crippen LogP contribution in [0.3, 0.4) is 0 Å². The third-order valence-corrected chi connectivity index (χ3v) is 3.97. The Morgan fingerprint density at radius 2 is 2.00 bits per heavy atom. The zero-order chi connectivity index (χ0) is 14.2. The van der Waals surface area contributed by atoms with Crippen LogP contribution in [-0.4, -0.2) is 25.8 Å². The molecule has 1 fully saturated rings. The second kappa shape index (κ2) is 8.43. The van der Waals surface area contributed by atoms with E-state index in [1.54, 1.807) is 0 Å². The molecule has 0 aliphatic carbocycles. The van der Waals surface area contributed by atoms with Crippen LogP contribution < -0.4 is 5.32 Å². The van der Waals surface area contributed by atoms with Gasteiger partial charge in [-0.3, -0.25) is 0 Å². The maximum Gasteiger partial charge on any atom is 0.0579 e. The van der Waals surface area contributed by atoms with E-state index in [9.17, 15) is 0 Å². The van der Waals surface area contributed by atoms with E-state index in [-0.39, 0.29) is 0 Å². The lowest BCUT2D eigenvalue weighted by Gasteiger charge is -2.21. The minimum absolute atomic E-state index is 0.490. The monoisotopic (exact) mass is 275 g/mol. The summed E-state index contributed by atoms with van der Waals surface area (Å²) in [6, 6.07) is 10.9. The van der Waals surface area contributed by atoms with E-state index >= 15 is 0 Å². The van der Waals surface area contributed by atoms with Crippen LogP contribution in [0.2, 0.25) is 0 Å². The molecular weight excluding hydrogens is 246 g/mol. The molecule has 0 amide bonds.